The third-order valence-electron chi connectivity index (χ3n) is 2.69. The summed E-state index contributed by atoms with van der Waals surface area (Å²) in [4.78, 5) is 3.96. The molecule has 1 aromatic rings. The summed E-state index contributed by atoms with van der Waals surface area (Å²) in [6.45, 7) is 6.01. The van der Waals surface area contributed by atoms with Gasteiger partial charge in [0.25, 0.3) is 0 Å². The van der Waals surface area contributed by atoms with Gasteiger partial charge in [-0.1, -0.05) is 25.4 Å². The maximum Gasteiger partial charge on any atom is 0.172 e. The molecule has 0 aromatic carbocycles. The summed E-state index contributed by atoms with van der Waals surface area (Å²) < 4.78 is 11.0. The molecule has 0 amide bonds. The molecule has 1 aromatic heterocycles. The zero-order chi connectivity index (χ0) is 11.1. The van der Waals surface area contributed by atoms with Crippen LogP contribution in [0.3, 0.4) is 0 Å². The van der Waals surface area contributed by atoms with Crippen molar-refractivity contribution in [1.29, 1.82) is 0 Å². The first kappa shape index (κ1) is 10.9. The highest BCUT2D eigenvalue weighted by Gasteiger charge is 2.41. The topological polar surface area (TPSA) is 31.4 Å². The summed E-state index contributed by atoms with van der Waals surface area (Å²) in [5, 5.41) is 0.493. The molecule has 82 valence electrons. The fourth-order valence-electron chi connectivity index (χ4n) is 1.64. The fraction of sp³-hybridized carbons (Fsp3) is 0.545. The van der Waals surface area contributed by atoms with Gasteiger partial charge < -0.3 is 9.47 Å². The van der Waals surface area contributed by atoms with Crippen molar-refractivity contribution >= 4 is 11.6 Å². The van der Waals surface area contributed by atoms with Crippen LogP contribution in [0.2, 0.25) is 5.15 Å². The molecule has 0 spiro atoms. The maximum absolute atomic E-state index is 5.85. The first-order valence-electron chi connectivity index (χ1n) is 4.93. The van der Waals surface area contributed by atoms with Crippen molar-refractivity contribution in [3.05, 3.63) is 29.0 Å². The van der Waals surface area contributed by atoms with Gasteiger partial charge in [0.2, 0.25) is 0 Å². The molecule has 0 aliphatic carbocycles. The average molecular weight is 228 g/mol. The smallest absolute Gasteiger partial charge is 0.172 e. The highest BCUT2D eigenvalue weighted by molar-refractivity contribution is 6.29. The van der Waals surface area contributed by atoms with Crippen molar-refractivity contribution in [2.45, 2.75) is 38.8 Å². The molecule has 1 aliphatic rings. The van der Waals surface area contributed by atoms with Gasteiger partial charge in [-0.25, -0.2) is 4.98 Å². The number of halogens is 1. The fourth-order valence-corrected chi connectivity index (χ4v) is 1.81. The summed E-state index contributed by atoms with van der Waals surface area (Å²) in [6, 6.07) is 3.78. The van der Waals surface area contributed by atoms with E-state index in [0.29, 0.717) is 5.15 Å². The van der Waals surface area contributed by atoms with Crippen LogP contribution in [-0.2, 0) is 14.9 Å². The maximum atomic E-state index is 5.85. The van der Waals surface area contributed by atoms with Crippen molar-refractivity contribution in [3.63, 3.8) is 0 Å². The molecule has 1 aliphatic heterocycles. The monoisotopic (exact) mass is 227 g/mol. The standard InChI is InChI=1S/C11H14ClNO2/c1-7-14-10(15-7)11(2,3)8-4-5-13-9(12)6-8/h4-7,10H,1-3H3. The molecule has 15 heavy (non-hydrogen) atoms. The molecule has 1 saturated heterocycles. The van der Waals surface area contributed by atoms with Crippen molar-refractivity contribution in [3.8, 4) is 0 Å². The predicted octanol–water partition coefficient (Wildman–Crippen LogP) is 2.73. The molecule has 3 nitrogen and oxygen atoms in total. The minimum absolute atomic E-state index is 0.105. The van der Waals surface area contributed by atoms with Crippen LogP contribution in [0.25, 0.3) is 0 Å². The van der Waals surface area contributed by atoms with Crippen LogP contribution >= 0.6 is 11.6 Å². The molecular formula is C11H14ClNO2. The third-order valence-corrected chi connectivity index (χ3v) is 2.90. The summed E-state index contributed by atoms with van der Waals surface area (Å²) in [6.07, 6.45) is 1.39. The van der Waals surface area contributed by atoms with Crippen molar-refractivity contribution in [2.75, 3.05) is 0 Å². The van der Waals surface area contributed by atoms with E-state index in [1.807, 2.05) is 19.1 Å². The lowest BCUT2D eigenvalue weighted by Gasteiger charge is -2.44. The van der Waals surface area contributed by atoms with Crippen LogP contribution in [0.4, 0.5) is 0 Å². The Hall–Kier alpha value is -0.640. The number of pyridine rings is 1. The molecule has 0 radical (unpaired) electrons. The van der Waals surface area contributed by atoms with Crippen molar-refractivity contribution in [2.24, 2.45) is 0 Å². The van der Waals surface area contributed by atoms with E-state index in [9.17, 15) is 0 Å². The lowest BCUT2D eigenvalue weighted by Crippen LogP contribution is -2.50. The molecule has 0 N–H and O–H groups in total. The lowest BCUT2D eigenvalue weighted by molar-refractivity contribution is -0.394. The molecule has 0 unspecified atom stereocenters. The Morgan fingerprint density at radius 3 is 2.60 bits per heavy atom. The number of hydrogen-bond donors (Lipinski definition) is 0. The van der Waals surface area contributed by atoms with E-state index in [0.717, 1.165) is 5.56 Å². The van der Waals surface area contributed by atoms with E-state index in [2.05, 4.69) is 18.8 Å². The Morgan fingerprint density at radius 2 is 2.07 bits per heavy atom. The van der Waals surface area contributed by atoms with Crippen LogP contribution in [0, 0.1) is 0 Å². The Balaban J connectivity index is 2.21. The highest BCUT2D eigenvalue weighted by atomic mass is 35.5. The molecule has 0 bridgehead atoms. The van der Waals surface area contributed by atoms with E-state index in [4.69, 9.17) is 21.1 Å². The van der Waals surface area contributed by atoms with E-state index < -0.39 is 0 Å². The van der Waals surface area contributed by atoms with Gasteiger partial charge in [0.05, 0.1) is 0 Å². The number of hydrogen-bond acceptors (Lipinski definition) is 3. The van der Waals surface area contributed by atoms with Crippen LogP contribution < -0.4 is 0 Å². The third kappa shape index (κ3) is 2.00. The molecule has 2 rings (SSSR count). The number of aromatic nitrogens is 1. The summed E-state index contributed by atoms with van der Waals surface area (Å²) in [5.74, 6) is 0. The van der Waals surface area contributed by atoms with Crippen LogP contribution in [0.15, 0.2) is 18.3 Å². The van der Waals surface area contributed by atoms with Gasteiger partial charge in [-0.3, -0.25) is 0 Å². The number of ether oxygens (including phenoxy) is 2. The Kier molecular flexibility index (Phi) is 2.71. The first-order chi connectivity index (χ1) is 7.00. The predicted molar refractivity (Wildman–Crippen MR) is 57.7 cm³/mol. The zero-order valence-electron chi connectivity index (χ0n) is 9.03. The zero-order valence-corrected chi connectivity index (χ0v) is 9.78. The second kappa shape index (κ2) is 3.74. The molecular weight excluding hydrogens is 214 g/mol. The summed E-state index contributed by atoms with van der Waals surface area (Å²) >= 11 is 5.85. The van der Waals surface area contributed by atoms with E-state index in [-0.39, 0.29) is 18.0 Å². The van der Waals surface area contributed by atoms with Crippen molar-refractivity contribution < 1.29 is 9.47 Å². The Labute approximate surface area is 94.4 Å². The van der Waals surface area contributed by atoms with Crippen LogP contribution in [-0.4, -0.2) is 17.6 Å². The molecule has 2 heterocycles. The van der Waals surface area contributed by atoms with E-state index >= 15 is 0 Å². The number of nitrogens with zero attached hydrogens (tertiary/aromatic N) is 1. The van der Waals surface area contributed by atoms with Gasteiger partial charge in [-0.05, 0) is 24.6 Å². The van der Waals surface area contributed by atoms with E-state index in [1.54, 1.807) is 6.20 Å². The highest BCUT2D eigenvalue weighted by Crippen LogP contribution is 2.36. The molecule has 1 fully saturated rings. The Morgan fingerprint density at radius 1 is 1.40 bits per heavy atom. The number of rotatable bonds is 2. The first-order valence-corrected chi connectivity index (χ1v) is 5.31. The van der Waals surface area contributed by atoms with Gasteiger partial charge in [-0.2, -0.15) is 0 Å². The second-order valence-corrected chi connectivity index (χ2v) is 4.65. The molecule has 0 atom stereocenters. The van der Waals surface area contributed by atoms with Crippen LogP contribution in [0.1, 0.15) is 26.3 Å². The second-order valence-electron chi connectivity index (χ2n) is 4.26. The van der Waals surface area contributed by atoms with E-state index in [1.165, 1.54) is 0 Å². The van der Waals surface area contributed by atoms with Crippen molar-refractivity contribution in [1.82, 2.24) is 4.98 Å². The molecule has 0 saturated carbocycles. The lowest BCUT2D eigenvalue weighted by atomic mass is 9.84. The van der Waals surface area contributed by atoms with Gasteiger partial charge in [0.15, 0.2) is 12.6 Å². The quantitative estimate of drug-likeness (QED) is 0.728. The minimum atomic E-state index is -0.209. The van der Waals surface area contributed by atoms with Gasteiger partial charge in [0.1, 0.15) is 5.15 Å². The van der Waals surface area contributed by atoms with Gasteiger partial charge in [-0.15, -0.1) is 0 Å². The van der Waals surface area contributed by atoms with Crippen LogP contribution in [0.5, 0.6) is 0 Å². The largest absolute Gasteiger partial charge is 0.323 e. The SMILES string of the molecule is CC1OC(C(C)(C)c2ccnc(Cl)c2)O1. The summed E-state index contributed by atoms with van der Waals surface area (Å²) in [7, 11) is 0. The summed E-state index contributed by atoms with van der Waals surface area (Å²) in [5.41, 5.74) is 0.860. The normalized spacial score (nSPS) is 26.1. The molecule has 4 heteroatoms. The minimum Gasteiger partial charge on any atom is -0.323 e. The van der Waals surface area contributed by atoms with Gasteiger partial charge >= 0.3 is 0 Å². The average Bonchev–Trinajstić information content (AvgIpc) is 2.13. The Bertz CT molecular complexity index is 361. The van der Waals surface area contributed by atoms with Gasteiger partial charge in [0, 0.05) is 11.6 Å².